The molecule has 0 saturated carbocycles. The first-order chi connectivity index (χ1) is 6.18. The maximum Gasteiger partial charge on any atom is 0.338 e. The predicted octanol–water partition coefficient (Wildman–Crippen LogP) is 0.308. The number of esters is 1. The van der Waals surface area contributed by atoms with Crippen LogP contribution >= 0.6 is 0 Å². The van der Waals surface area contributed by atoms with E-state index in [9.17, 15) is 4.79 Å². The predicted molar refractivity (Wildman–Crippen MR) is 41.7 cm³/mol. The second kappa shape index (κ2) is 2.25. The third kappa shape index (κ3) is 0.802. The van der Waals surface area contributed by atoms with E-state index in [4.69, 9.17) is 14.2 Å². The highest BCUT2D eigenvalue weighted by atomic mass is 16.8. The SMILES string of the molecule is C[C@@H]1[C@@H]2O[C@@H]3OC(=O)[C@H]1O[C@@H]3[C@H]2C. The van der Waals surface area contributed by atoms with Gasteiger partial charge in [0.25, 0.3) is 0 Å². The molecule has 4 nitrogen and oxygen atoms in total. The third-order valence-corrected chi connectivity index (χ3v) is 3.36. The van der Waals surface area contributed by atoms with Crippen LogP contribution in [0.1, 0.15) is 13.8 Å². The Kier molecular flexibility index (Phi) is 1.34. The highest BCUT2D eigenvalue weighted by molar-refractivity contribution is 5.76. The van der Waals surface area contributed by atoms with Gasteiger partial charge in [0, 0.05) is 11.8 Å². The maximum absolute atomic E-state index is 11.3. The molecule has 0 aromatic carbocycles. The molecular formula is C9H12O4. The van der Waals surface area contributed by atoms with Gasteiger partial charge in [0.05, 0.1) is 6.10 Å². The van der Waals surface area contributed by atoms with E-state index >= 15 is 0 Å². The van der Waals surface area contributed by atoms with Gasteiger partial charge in [-0.15, -0.1) is 0 Å². The summed E-state index contributed by atoms with van der Waals surface area (Å²) >= 11 is 0. The number of ether oxygens (including phenoxy) is 3. The number of hydrogen-bond acceptors (Lipinski definition) is 4. The summed E-state index contributed by atoms with van der Waals surface area (Å²) in [5.74, 6) is 0.193. The molecule has 3 heterocycles. The molecule has 3 bridgehead atoms. The number of fused-ring (bicyclic) bond motifs is 2. The fourth-order valence-electron chi connectivity index (χ4n) is 2.59. The number of hydrogen-bond donors (Lipinski definition) is 0. The molecule has 0 amide bonds. The van der Waals surface area contributed by atoms with Crippen molar-refractivity contribution < 1.29 is 19.0 Å². The molecule has 72 valence electrons. The van der Waals surface area contributed by atoms with Crippen LogP contribution in [0.25, 0.3) is 0 Å². The van der Waals surface area contributed by atoms with Crippen molar-refractivity contribution in [3.8, 4) is 0 Å². The third-order valence-electron chi connectivity index (χ3n) is 3.36. The standard InChI is InChI=1S/C9H12O4/c1-3-5-4(2)7-9(12-5)13-8(10)6(3)11-7/h3-7,9H,1-2H3/t3-,4+,5+,6+,7-,9-/m1/s1. The van der Waals surface area contributed by atoms with Gasteiger partial charge >= 0.3 is 5.97 Å². The number of carbonyl (C=O) groups excluding carboxylic acids is 1. The van der Waals surface area contributed by atoms with Crippen molar-refractivity contribution in [1.29, 1.82) is 0 Å². The molecule has 4 heteroatoms. The van der Waals surface area contributed by atoms with Gasteiger partial charge in [-0.2, -0.15) is 0 Å². The van der Waals surface area contributed by atoms with Gasteiger partial charge < -0.3 is 14.2 Å². The van der Waals surface area contributed by atoms with E-state index in [1.165, 1.54) is 0 Å². The van der Waals surface area contributed by atoms with Crippen LogP contribution in [0.3, 0.4) is 0 Å². The topological polar surface area (TPSA) is 44.8 Å². The fourth-order valence-corrected chi connectivity index (χ4v) is 2.59. The van der Waals surface area contributed by atoms with Crippen LogP contribution in [-0.2, 0) is 19.0 Å². The molecule has 0 aromatic rings. The Labute approximate surface area is 76.1 Å². The molecular weight excluding hydrogens is 172 g/mol. The van der Waals surface area contributed by atoms with Gasteiger partial charge in [0.15, 0.2) is 6.10 Å². The molecule has 0 aromatic heterocycles. The van der Waals surface area contributed by atoms with E-state index < -0.39 is 12.4 Å². The zero-order valence-electron chi connectivity index (χ0n) is 7.60. The lowest BCUT2D eigenvalue weighted by molar-refractivity contribution is -0.225. The molecule has 0 spiro atoms. The van der Waals surface area contributed by atoms with E-state index in [0.717, 1.165) is 0 Å². The van der Waals surface area contributed by atoms with Crippen LogP contribution in [0.4, 0.5) is 0 Å². The summed E-state index contributed by atoms with van der Waals surface area (Å²) in [5, 5.41) is 0. The van der Waals surface area contributed by atoms with Crippen LogP contribution in [0.5, 0.6) is 0 Å². The Hall–Kier alpha value is -0.610. The summed E-state index contributed by atoms with van der Waals surface area (Å²) in [7, 11) is 0. The molecule has 3 aliphatic heterocycles. The minimum absolute atomic E-state index is 0.0381. The Bertz CT molecular complexity index is 264. The summed E-state index contributed by atoms with van der Waals surface area (Å²) < 4.78 is 16.3. The van der Waals surface area contributed by atoms with Gasteiger partial charge in [0.2, 0.25) is 6.29 Å². The van der Waals surface area contributed by atoms with Gasteiger partial charge in [-0.3, -0.25) is 0 Å². The van der Waals surface area contributed by atoms with Crippen molar-refractivity contribution >= 4 is 5.97 Å². The lowest BCUT2D eigenvalue weighted by Gasteiger charge is -2.38. The van der Waals surface area contributed by atoms with E-state index in [0.29, 0.717) is 5.92 Å². The molecule has 3 fully saturated rings. The van der Waals surface area contributed by atoms with E-state index in [-0.39, 0.29) is 24.1 Å². The zero-order valence-corrected chi connectivity index (χ0v) is 7.60. The largest absolute Gasteiger partial charge is 0.431 e. The highest BCUT2D eigenvalue weighted by Gasteiger charge is 2.59. The first kappa shape index (κ1) is 7.76. The Balaban J connectivity index is 2.02. The molecule has 3 rings (SSSR count). The van der Waals surface area contributed by atoms with Crippen LogP contribution < -0.4 is 0 Å². The summed E-state index contributed by atoms with van der Waals surface area (Å²) in [6, 6.07) is 0. The van der Waals surface area contributed by atoms with Crippen molar-refractivity contribution in [2.24, 2.45) is 11.8 Å². The molecule has 0 radical (unpaired) electrons. The molecule has 0 unspecified atom stereocenters. The Morgan fingerprint density at radius 2 is 1.85 bits per heavy atom. The second-order valence-electron chi connectivity index (χ2n) is 4.15. The van der Waals surface area contributed by atoms with Crippen molar-refractivity contribution in [2.75, 3.05) is 0 Å². The number of carbonyl (C=O) groups is 1. The van der Waals surface area contributed by atoms with Crippen molar-refractivity contribution in [2.45, 2.75) is 38.4 Å². The van der Waals surface area contributed by atoms with E-state index in [1.54, 1.807) is 0 Å². The van der Waals surface area contributed by atoms with Crippen LogP contribution in [0.2, 0.25) is 0 Å². The zero-order chi connectivity index (χ0) is 9.16. The van der Waals surface area contributed by atoms with E-state index in [2.05, 4.69) is 6.92 Å². The average Bonchev–Trinajstić information content (AvgIpc) is 2.25. The summed E-state index contributed by atoms with van der Waals surface area (Å²) in [4.78, 5) is 11.3. The average molecular weight is 184 g/mol. The van der Waals surface area contributed by atoms with Crippen LogP contribution in [-0.4, -0.2) is 30.6 Å². The maximum atomic E-state index is 11.3. The molecule has 3 saturated heterocycles. The highest BCUT2D eigenvalue weighted by Crippen LogP contribution is 2.44. The molecule has 6 atom stereocenters. The quantitative estimate of drug-likeness (QED) is 0.508. The lowest BCUT2D eigenvalue weighted by atomic mass is 9.84. The van der Waals surface area contributed by atoms with Gasteiger partial charge in [-0.05, 0) is 0 Å². The van der Waals surface area contributed by atoms with Crippen molar-refractivity contribution in [3.63, 3.8) is 0 Å². The Morgan fingerprint density at radius 3 is 2.62 bits per heavy atom. The van der Waals surface area contributed by atoms with Crippen molar-refractivity contribution in [1.82, 2.24) is 0 Å². The molecule has 0 aliphatic carbocycles. The molecule has 3 aliphatic rings. The number of rotatable bonds is 0. The summed E-state index contributed by atoms with van der Waals surface area (Å²) in [6.45, 7) is 4.07. The monoisotopic (exact) mass is 184 g/mol. The first-order valence-electron chi connectivity index (χ1n) is 4.70. The van der Waals surface area contributed by atoms with Crippen molar-refractivity contribution in [3.05, 3.63) is 0 Å². The normalized spacial score (nSPS) is 58.2. The smallest absolute Gasteiger partial charge is 0.338 e. The lowest BCUT2D eigenvalue weighted by Crippen LogP contribution is -2.53. The first-order valence-corrected chi connectivity index (χ1v) is 4.70. The van der Waals surface area contributed by atoms with Gasteiger partial charge in [-0.1, -0.05) is 13.8 Å². The fraction of sp³-hybridized carbons (Fsp3) is 0.889. The van der Waals surface area contributed by atoms with Crippen LogP contribution in [0.15, 0.2) is 0 Å². The summed E-state index contributed by atoms with van der Waals surface area (Å²) in [5.41, 5.74) is 0. The van der Waals surface area contributed by atoms with E-state index in [1.807, 2.05) is 6.92 Å². The second-order valence-corrected chi connectivity index (χ2v) is 4.15. The van der Waals surface area contributed by atoms with Gasteiger partial charge in [-0.25, -0.2) is 4.79 Å². The van der Waals surface area contributed by atoms with Crippen LogP contribution in [0, 0.1) is 11.8 Å². The minimum atomic E-state index is -0.450. The Morgan fingerprint density at radius 1 is 1.08 bits per heavy atom. The summed E-state index contributed by atoms with van der Waals surface area (Å²) in [6.07, 6.45) is -0.761. The van der Waals surface area contributed by atoms with Gasteiger partial charge in [0.1, 0.15) is 6.10 Å². The molecule has 13 heavy (non-hydrogen) atoms. The molecule has 0 N–H and O–H groups in total. The minimum Gasteiger partial charge on any atom is -0.431 e.